The molecular weight excluding hydrogens is 544 g/mol. The third-order valence-corrected chi connectivity index (χ3v) is 6.94. The summed E-state index contributed by atoms with van der Waals surface area (Å²) < 4.78 is 42.1. The number of methoxy groups -OCH3 is 1. The standard InChI is InChI=1S/C31H27F2N5O4/c1-20-19-37-28(26(18-35-37)36-29(39)21-8-13-27(22(16-21)17-34)42-15-14-41-2)30(40)38(20)25-11-9-24(10-12-25)31(32,33)23-6-4-3-5-7-23/h3-13,16,18,20H,14-15,19H2,1-2H3,(H,36,39)/t20-/m0/s1. The molecule has 0 radical (unpaired) electrons. The lowest BCUT2D eigenvalue weighted by Gasteiger charge is -2.34. The molecular formula is C31H27F2N5O4. The van der Waals surface area contributed by atoms with Gasteiger partial charge in [-0.3, -0.25) is 14.3 Å². The third-order valence-electron chi connectivity index (χ3n) is 6.94. The van der Waals surface area contributed by atoms with E-state index >= 15 is 8.78 Å². The zero-order valence-corrected chi connectivity index (χ0v) is 22.9. The van der Waals surface area contributed by atoms with E-state index in [1.807, 2.05) is 13.0 Å². The molecule has 9 nitrogen and oxygen atoms in total. The number of nitriles is 1. The second kappa shape index (κ2) is 11.8. The maximum atomic E-state index is 15.1. The van der Waals surface area contributed by atoms with Crippen molar-refractivity contribution in [1.82, 2.24) is 9.78 Å². The highest BCUT2D eigenvalue weighted by Crippen LogP contribution is 2.37. The van der Waals surface area contributed by atoms with Gasteiger partial charge < -0.3 is 19.7 Å². The summed E-state index contributed by atoms with van der Waals surface area (Å²) in [7, 11) is 1.53. The largest absolute Gasteiger partial charge is 0.490 e. The van der Waals surface area contributed by atoms with Crippen LogP contribution in [0.15, 0.2) is 79.0 Å². The number of rotatable bonds is 9. The number of halogens is 2. The first-order valence-corrected chi connectivity index (χ1v) is 13.1. The fourth-order valence-electron chi connectivity index (χ4n) is 4.82. The topological polar surface area (TPSA) is 109 Å². The Morgan fingerprint density at radius 3 is 2.50 bits per heavy atom. The van der Waals surface area contributed by atoms with E-state index in [0.717, 1.165) is 0 Å². The predicted octanol–water partition coefficient (Wildman–Crippen LogP) is 5.22. The summed E-state index contributed by atoms with van der Waals surface area (Å²) in [5.41, 5.74) is 0.821. The van der Waals surface area contributed by atoms with Crippen molar-refractivity contribution >= 4 is 23.2 Å². The zero-order chi connectivity index (χ0) is 29.9. The van der Waals surface area contributed by atoms with Crippen molar-refractivity contribution in [1.29, 1.82) is 5.26 Å². The average Bonchev–Trinajstić information content (AvgIpc) is 3.40. The number of aromatic nitrogens is 2. The molecule has 0 fully saturated rings. The van der Waals surface area contributed by atoms with E-state index in [2.05, 4.69) is 10.4 Å². The molecule has 0 spiro atoms. The number of alkyl halides is 2. The molecule has 0 unspecified atom stereocenters. The van der Waals surface area contributed by atoms with Gasteiger partial charge in [0.05, 0.1) is 36.6 Å². The lowest BCUT2D eigenvalue weighted by Crippen LogP contribution is -2.47. The second-order valence-electron chi connectivity index (χ2n) is 9.72. The van der Waals surface area contributed by atoms with Crippen LogP contribution in [0.3, 0.4) is 0 Å². The number of amides is 2. The van der Waals surface area contributed by atoms with Gasteiger partial charge in [0.2, 0.25) is 0 Å². The highest BCUT2D eigenvalue weighted by atomic mass is 19.3. The van der Waals surface area contributed by atoms with E-state index in [4.69, 9.17) is 9.47 Å². The summed E-state index contributed by atoms with van der Waals surface area (Å²) in [6, 6.07) is 19.2. The Balaban J connectivity index is 1.36. The lowest BCUT2D eigenvalue weighted by atomic mass is 9.99. The third kappa shape index (κ3) is 5.44. The number of fused-ring (bicyclic) bond motifs is 1. The van der Waals surface area contributed by atoms with Crippen molar-refractivity contribution in [3.8, 4) is 11.8 Å². The van der Waals surface area contributed by atoms with E-state index in [1.165, 1.54) is 77.5 Å². The molecule has 1 aromatic heterocycles. The molecule has 11 heteroatoms. The van der Waals surface area contributed by atoms with Crippen LogP contribution in [0.4, 0.5) is 20.2 Å². The Hall–Kier alpha value is -5.08. The van der Waals surface area contributed by atoms with E-state index in [-0.39, 0.29) is 46.3 Å². The molecule has 0 bridgehead atoms. The summed E-state index contributed by atoms with van der Waals surface area (Å²) in [5, 5.41) is 16.5. The van der Waals surface area contributed by atoms with Crippen molar-refractivity contribution < 1.29 is 27.8 Å². The van der Waals surface area contributed by atoms with Crippen molar-refractivity contribution in [2.45, 2.75) is 25.4 Å². The molecule has 1 atom stereocenters. The van der Waals surface area contributed by atoms with Crippen LogP contribution >= 0.6 is 0 Å². The van der Waals surface area contributed by atoms with Crippen molar-refractivity contribution in [2.24, 2.45) is 0 Å². The number of nitrogens with one attached hydrogen (secondary N) is 1. The minimum Gasteiger partial charge on any atom is -0.490 e. The van der Waals surface area contributed by atoms with Crippen LogP contribution < -0.4 is 15.0 Å². The summed E-state index contributed by atoms with van der Waals surface area (Å²) in [5.74, 6) is -3.87. The van der Waals surface area contributed by atoms with Crippen LogP contribution in [0.1, 0.15) is 44.5 Å². The van der Waals surface area contributed by atoms with Crippen LogP contribution in [-0.4, -0.2) is 48.0 Å². The van der Waals surface area contributed by atoms with E-state index in [9.17, 15) is 14.9 Å². The fraction of sp³-hybridized carbons (Fsp3) is 0.226. The van der Waals surface area contributed by atoms with Crippen LogP contribution in [0, 0.1) is 11.3 Å². The van der Waals surface area contributed by atoms with Gasteiger partial charge in [0.15, 0.2) is 0 Å². The first kappa shape index (κ1) is 28.4. The Labute approximate surface area is 240 Å². The van der Waals surface area contributed by atoms with Crippen LogP contribution in [0.2, 0.25) is 0 Å². The molecule has 2 amide bonds. The molecule has 1 N–H and O–H groups in total. The van der Waals surface area contributed by atoms with Crippen molar-refractivity contribution in [3.05, 3.63) is 107 Å². The van der Waals surface area contributed by atoms with Gasteiger partial charge in [-0.1, -0.05) is 42.5 Å². The minimum atomic E-state index is -3.20. The van der Waals surface area contributed by atoms with Gasteiger partial charge in [0, 0.05) is 29.5 Å². The smallest absolute Gasteiger partial charge is 0.298 e. The Morgan fingerprint density at radius 2 is 1.81 bits per heavy atom. The van der Waals surface area contributed by atoms with Crippen molar-refractivity contribution in [2.75, 3.05) is 30.5 Å². The molecule has 214 valence electrons. The minimum absolute atomic E-state index is 0.125. The lowest BCUT2D eigenvalue weighted by molar-refractivity contribution is 0.0428. The van der Waals surface area contributed by atoms with Gasteiger partial charge in [-0.15, -0.1) is 0 Å². The van der Waals surface area contributed by atoms with Gasteiger partial charge in [-0.2, -0.15) is 19.1 Å². The summed E-state index contributed by atoms with van der Waals surface area (Å²) in [6.45, 7) is 2.74. The summed E-state index contributed by atoms with van der Waals surface area (Å²) >= 11 is 0. The number of anilines is 2. The van der Waals surface area contributed by atoms with Gasteiger partial charge in [-0.05, 0) is 37.3 Å². The predicted molar refractivity (Wildman–Crippen MR) is 151 cm³/mol. The van der Waals surface area contributed by atoms with Gasteiger partial charge >= 0.3 is 0 Å². The Kier molecular flexibility index (Phi) is 7.99. The zero-order valence-electron chi connectivity index (χ0n) is 22.9. The van der Waals surface area contributed by atoms with E-state index in [1.54, 1.807) is 18.2 Å². The number of hydrogen-bond acceptors (Lipinski definition) is 6. The van der Waals surface area contributed by atoms with Gasteiger partial charge in [-0.25, -0.2) is 0 Å². The van der Waals surface area contributed by atoms with E-state index in [0.29, 0.717) is 24.6 Å². The van der Waals surface area contributed by atoms with Crippen LogP contribution in [0.5, 0.6) is 5.75 Å². The normalized spacial score (nSPS) is 14.7. The molecule has 1 aliphatic rings. The highest BCUT2D eigenvalue weighted by Gasteiger charge is 2.37. The maximum Gasteiger partial charge on any atom is 0.298 e. The molecule has 3 aromatic carbocycles. The fourth-order valence-corrected chi connectivity index (χ4v) is 4.82. The van der Waals surface area contributed by atoms with Crippen molar-refractivity contribution in [3.63, 3.8) is 0 Å². The number of ether oxygens (including phenoxy) is 2. The second-order valence-corrected chi connectivity index (χ2v) is 9.72. The molecule has 1 aliphatic heterocycles. The number of hydrogen-bond donors (Lipinski definition) is 1. The molecule has 0 saturated heterocycles. The van der Waals surface area contributed by atoms with Gasteiger partial charge in [0.25, 0.3) is 17.7 Å². The molecule has 4 aromatic rings. The molecule has 0 aliphatic carbocycles. The summed E-state index contributed by atoms with van der Waals surface area (Å²) in [4.78, 5) is 28.3. The Bertz CT molecular complexity index is 1650. The maximum absolute atomic E-state index is 15.1. The molecule has 5 rings (SSSR count). The Morgan fingerprint density at radius 1 is 1.10 bits per heavy atom. The average molecular weight is 572 g/mol. The van der Waals surface area contributed by atoms with Crippen LogP contribution in [-0.2, 0) is 17.2 Å². The number of carbonyl (C=O) groups excluding carboxylic acids is 2. The summed E-state index contributed by atoms with van der Waals surface area (Å²) in [6.07, 6.45) is 1.39. The quantitative estimate of drug-likeness (QED) is 0.276. The highest BCUT2D eigenvalue weighted by molar-refractivity contribution is 6.13. The van der Waals surface area contributed by atoms with Crippen LogP contribution in [0.25, 0.3) is 0 Å². The monoisotopic (exact) mass is 571 g/mol. The first-order valence-electron chi connectivity index (χ1n) is 13.1. The van der Waals surface area contributed by atoms with E-state index < -0.39 is 17.7 Å². The molecule has 0 saturated carbocycles. The first-order chi connectivity index (χ1) is 20.2. The molecule has 2 heterocycles. The molecule has 42 heavy (non-hydrogen) atoms. The number of nitrogens with zero attached hydrogens (tertiary/aromatic N) is 4. The number of benzene rings is 3. The SMILES string of the molecule is COCCOc1ccc(C(=O)Nc2cnn3c2C(=O)N(c2ccc(C(F)(F)c4ccccc4)cc2)[C@@H](C)C3)cc1C#N. The number of carbonyl (C=O) groups is 2. The van der Waals surface area contributed by atoms with Gasteiger partial charge in [0.1, 0.15) is 24.1 Å².